The van der Waals surface area contributed by atoms with Crippen molar-refractivity contribution in [3.8, 4) is 5.75 Å². The molecule has 1 aliphatic carbocycles. The number of furan rings is 1. The van der Waals surface area contributed by atoms with Crippen LogP contribution in [0.5, 0.6) is 5.75 Å². The highest BCUT2D eigenvalue weighted by Crippen LogP contribution is 2.56. The third-order valence-corrected chi connectivity index (χ3v) is 7.21. The van der Waals surface area contributed by atoms with E-state index in [2.05, 4.69) is 10.6 Å². The number of benzene rings is 2. The van der Waals surface area contributed by atoms with Crippen LogP contribution in [0, 0.1) is 11.3 Å². The fourth-order valence-electron chi connectivity index (χ4n) is 4.72. The molecule has 3 aromatic rings. The third-order valence-electron chi connectivity index (χ3n) is 7.21. The van der Waals surface area contributed by atoms with Gasteiger partial charge in [0.05, 0.1) is 30.0 Å². The number of carboxylic acid groups (broad SMARTS) is 1. The van der Waals surface area contributed by atoms with Crippen molar-refractivity contribution >= 4 is 29.2 Å². The lowest BCUT2D eigenvalue weighted by Gasteiger charge is -2.49. The predicted octanol–water partition coefficient (Wildman–Crippen LogP) is 5.33. The van der Waals surface area contributed by atoms with Crippen LogP contribution >= 0.6 is 0 Å². The van der Waals surface area contributed by atoms with Gasteiger partial charge in [0.1, 0.15) is 11.5 Å². The average molecular weight is 491 g/mol. The number of nitrogens with one attached hydrogen (secondary N) is 2. The highest BCUT2D eigenvalue weighted by molar-refractivity contribution is 6.11. The van der Waals surface area contributed by atoms with E-state index in [1.54, 1.807) is 42.7 Å². The van der Waals surface area contributed by atoms with Crippen molar-refractivity contribution in [1.29, 1.82) is 0 Å². The molecule has 1 aromatic heterocycles. The van der Waals surface area contributed by atoms with E-state index in [1.165, 1.54) is 7.11 Å². The number of anilines is 2. The summed E-state index contributed by atoms with van der Waals surface area (Å²) in [6.07, 6.45) is 2.64. The largest absolute Gasteiger partial charge is 0.497 e. The molecule has 2 aromatic carbocycles. The Morgan fingerprint density at radius 2 is 1.92 bits per heavy atom. The first-order valence-corrected chi connectivity index (χ1v) is 11.9. The Labute approximate surface area is 209 Å². The molecule has 3 atom stereocenters. The summed E-state index contributed by atoms with van der Waals surface area (Å²) in [4.78, 5) is 37.4. The molecule has 8 nitrogen and oxygen atoms in total. The lowest BCUT2D eigenvalue weighted by atomic mass is 9.54. The Balaban J connectivity index is 1.51. The van der Waals surface area contributed by atoms with Gasteiger partial charge in [-0.1, -0.05) is 26.0 Å². The van der Waals surface area contributed by atoms with Gasteiger partial charge in [-0.25, -0.2) is 0 Å². The van der Waals surface area contributed by atoms with Crippen LogP contribution in [-0.4, -0.2) is 30.0 Å². The molecule has 8 heteroatoms. The zero-order valence-corrected chi connectivity index (χ0v) is 20.5. The monoisotopic (exact) mass is 490 g/mol. The molecule has 0 bridgehead atoms. The van der Waals surface area contributed by atoms with Crippen LogP contribution in [-0.2, 0) is 16.0 Å². The van der Waals surface area contributed by atoms with Crippen molar-refractivity contribution in [2.24, 2.45) is 11.3 Å². The Morgan fingerprint density at radius 3 is 2.58 bits per heavy atom. The first kappa shape index (κ1) is 25.0. The Kier molecular flexibility index (Phi) is 7.15. The van der Waals surface area contributed by atoms with Crippen LogP contribution in [0.2, 0.25) is 0 Å². The Morgan fingerprint density at radius 1 is 1.11 bits per heavy atom. The summed E-state index contributed by atoms with van der Waals surface area (Å²) in [7, 11) is 1.52. The lowest BCUT2D eigenvalue weighted by molar-refractivity contribution is -0.137. The van der Waals surface area contributed by atoms with Crippen molar-refractivity contribution in [3.63, 3.8) is 0 Å². The number of carbonyl (C=O) groups is 3. The summed E-state index contributed by atoms with van der Waals surface area (Å²) in [5.41, 5.74) is 1.37. The summed E-state index contributed by atoms with van der Waals surface area (Å²) >= 11 is 0. The molecular weight excluding hydrogens is 460 g/mol. The standard InChI is InChI=1S/C28H30N2O6/c1-17-22(24-8-5-13-36-24)16-28(17,2)27(34)30-23-15-20(35-3)10-11-21(23)26(33)29-19-7-4-6-18(14-19)9-12-25(31)32/h4-8,10-11,13-15,17,22H,9,12,16H2,1-3H3,(H,29,33)(H,30,34)(H,31,32)/t17-,22-,28+/m0/s1. The zero-order valence-electron chi connectivity index (χ0n) is 20.5. The van der Waals surface area contributed by atoms with Gasteiger partial charge in [-0.05, 0) is 60.7 Å². The van der Waals surface area contributed by atoms with Crippen LogP contribution in [0.1, 0.15) is 54.3 Å². The maximum absolute atomic E-state index is 13.4. The summed E-state index contributed by atoms with van der Waals surface area (Å²) in [5.74, 6) is 0.155. The molecule has 188 valence electrons. The fourth-order valence-corrected chi connectivity index (χ4v) is 4.72. The molecule has 1 saturated carbocycles. The van der Waals surface area contributed by atoms with E-state index in [0.717, 1.165) is 11.3 Å². The number of amides is 2. The number of carboxylic acids is 1. The number of aryl methyl sites for hydroxylation is 1. The first-order chi connectivity index (χ1) is 17.2. The maximum Gasteiger partial charge on any atom is 0.303 e. The number of rotatable bonds is 9. The number of methoxy groups -OCH3 is 1. The number of aliphatic carboxylic acids is 1. The van der Waals surface area contributed by atoms with Crippen molar-refractivity contribution in [1.82, 2.24) is 0 Å². The van der Waals surface area contributed by atoms with Crippen molar-refractivity contribution in [2.75, 3.05) is 17.7 Å². The quantitative estimate of drug-likeness (QED) is 0.373. The van der Waals surface area contributed by atoms with E-state index in [-0.39, 0.29) is 24.2 Å². The van der Waals surface area contributed by atoms with Crippen molar-refractivity contribution in [2.45, 2.75) is 39.0 Å². The summed E-state index contributed by atoms with van der Waals surface area (Å²) in [6.45, 7) is 3.96. The second-order valence-corrected chi connectivity index (χ2v) is 9.45. The number of hydrogen-bond acceptors (Lipinski definition) is 5. The van der Waals surface area contributed by atoms with Gasteiger partial charge < -0.3 is 24.9 Å². The smallest absolute Gasteiger partial charge is 0.303 e. The van der Waals surface area contributed by atoms with E-state index in [0.29, 0.717) is 35.5 Å². The Bertz CT molecular complexity index is 1270. The fraction of sp³-hybridized carbons (Fsp3) is 0.321. The number of carbonyl (C=O) groups excluding carboxylic acids is 2. The normalized spacial score (nSPS) is 20.8. The van der Waals surface area contributed by atoms with Crippen molar-refractivity contribution in [3.05, 3.63) is 77.7 Å². The SMILES string of the molecule is COc1ccc(C(=O)Nc2cccc(CCC(=O)O)c2)c(NC(=O)[C@]2(C)C[C@H](c3ccco3)[C@@H]2C)c1. The molecule has 0 unspecified atom stereocenters. The van der Waals surface area contributed by atoms with Gasteiger partial charge in [0.15, 0.2) is 0 Å². The van der Waals surface area contributed by atoms with E-state index < -0.39 is 17.3 Å². The minimum Gasteiger partial charge on any atom is -0.497 e. The number of hydrogen-bond donors (Lipinski definition) is 3. The average Bonchev–Trinajstić information content (AvgIpc) is 3.40. The zero-order chi connectivity index (χ0) is 25.9. The van der Waals surface area contributed by atoms with Crippen molar-refractivity contribution < 1.29 is 28.6 Å². The molecular formula is C28H30N2O6. The molecule has 2 amide bonds. The van der Waals surface area contributed by atoms with Crippen LogP contribution in [0.25, 0.3) is 0 Å². The molecule has 0 saturated heterocycles. The first-order valence-electron chi connectivity index (χ1n) is 11.9. The van der Waals surface area contributed by atoms with Gasteiger partial charge in [-0.2, -0.15) is 0 Å². The van der Waals surface area contributed by atoms with E-state index >= 15 is 0 Å². The van der Waals surface area contributed by atoms with Gasteiger partial charge in [-0.3, -0.25) is 14.4 Å². The third kappa shape index (κ3) is 5.12. The van der Waals surface area contributed by atoms with Crippen LogP contribution in [0.4, 0.5) is 11.4 Å². The second kappa shape index (κ2) is 10.3. The Hall–Kier alpha value is -4.07. The summed E-state index contributed by atoms with van der Waals surface area (Å²) < 4.78 is 10.9. The lowest BCUT2D eigenvalue weighted by Crippen LogP contribution is -2.50. The second-order valence-electron chi connectivity index (χ2n) is 9.45. The molecule has 36 heavy (non-hydrogen) atoms. The topological polar surface area (TPSA) is 118 Å². The number of ether oxygens (including phenoxy) is 1. The highest BCUT2D eigenvalue weighted by atomic mass is 16.5. The van der Waals surface area contributed by atoms with Gasteiger partial charge in [0.2, 0.25) is 5.91 Å². The molecule has 0 radical (unpaired) electrons. The molecule has 0 aliphatic heterocycles. The molecule has 3 N–H and O–H groups in total. The molecule has 0 spiro atoms. The van der Waals surface area contributed by atoms with Crippen LogP contribution in [0.3, 0.4) is 0 Å². The van der Waals surface area contributed by atoms with Gasteiger partial charge in [0, 0.05) is 24.1 Å². The summed E-state index contributed by atoms with van der Waals surface area (Å²) in [6, 6.07) is 15.7. The van der Waals surface area contributed by atoms with Gasteiger partial charge in [-0.15, -0.1) is 0 Å². The minimum atomic E-state index is -0.881. The molecule has 1 heterocycles. The summed E-state index contributed by atoms with van der Waals surface area (Å²) in [5, 5.41) is 14.7. The molecule has 4 rings (SSSR count). The van der Waals surface area contributed by atoms with E-state index in [1.807, 2.05) is 32.0 Å². The minimum absolute atomic E-state index is 0.00400. The van der Waals surface area contributed by atoms with E-state index in [4.69, 9.17) is 14.3 Å². The maximum atomic E-state index is 13.4. The highest BCUT2D eigenvalue weighted by Gasteiger charge is 2.54. The van der Waals surface area contributed by atoms with Crippen LogP contribution < -0.4 is 15.4 Å². The van der Waals surface area contributed by atoms with E-state index in [9.17, 15) is 14.4 Å². The van der Waals surface area contributed by atoms with Gasteiger partial charge in [0.25, 0.3) is 5.91 Å². The predicted molar refractivity (Wildman–Crippen MR) is 135 cm³/mol. The van der Waals surface area contributed by atoms with Crippen LogP contribution in [0.15, 0.2) is 65.3 Å². The molecule has 1 fully saturated rings. The van der Waals surface area contributed by atoms with Gasteiger partial charge >= 0.3 is 5.97 Å². The molecule has 1 aliphatic rings.